The summed E-state index contributed by atoms with van der Waals surface area (Å²) in [5.41, 5.74) is 2.07. The van der Waals surface area contributed by atoms with Crippen LogP contribution in [0, 0.1) is 13.8 Å². The number of ether oxygens (including phenoxy) is 2. The molecule has 0 fully saturated rings. The van der Waals surface area contributed by atoms with E-state index in [2.05, 4.69) is 15.9 Å². The van der Waals surface area contributed by atoms with Gasteiger partial charge in [0.2, 0.25) is 0 Å². The van der Waals surface area contributed by atoms with Gasteiger partial charge in [-0.25, -0.2) is 4.79 Å². The number of hydrogen-bond acceptors (Lipinski definition) is 3. The first-order chi connectivity index (χ1) is 9.56. The lowest BCUT2D eigenvalue weighted by molar-refractivity contribution is -0.136. The second-order valence-corrected chi connectivity index (χ2v) is 5.32. The van der Waals surface area contributed by atoms with Gasteiger partial charge in [-0.3, -0.25) is 0 Å². The largest absolute Gasteiger partial charge is 0.482 e. The van der Waals surface area contributed by atoms with E-state index in [1.165, 1.54) is 0 Å². The third kappa shape index (κ3) is 3.84. The Morgan fingerprint density at radius 3 is 2.55 bits per heavy atom. The van der Waals surface area contributed by atoms with Crippen LogP contribution in [0.15, 0.2) is 46.9 Å². The number of hydrogen-bond donors (Lipinski definition) is 0. The van der Waals surface area contributed by atoms with E-state index in [4.69, 9.17) is 9.47 Å². The van der Waals surface area contributed by atoms with Crippen LogP contribution in [-0.4, -0.2) is 12.6 Å². The van der Waals surface area contributed by atoms with Gasteiger partial charge in [0.15, 0.2) is 6.61 Å². The zero-order valence-corrected chi connectivity index (χ0v) is 12.9. The second kappa shape index (κ2) is 6.57. The third-order valence-electron chi connectivity index (χ3n) is 2.75. The van der Waals surface area contributed by atoms with Crippen molar-refractivity contribution in [3.63, 3.8) is 0 Å². The van der Waals surface area contributed by atoms with Crippen LogP contribution in [0.5, 0.6) is 11.5 Å². The van der Waals surface area contributed by atoms with E-state index in [0.717, 1.165) is 15.6 Å². The lowest BCUT2D eigenvalue weighted by atomic mass is 10.2. The van der Waals surface area contributed by atoms with E-state index < -0.39 is 5.97 Å². The van der Waals surface area contributed by atoms with Gasteiger partial charge in [0.1, 0.15) is 11.5 Å². The van der Waals surface area contributed by atoms with E-state index in [9.17, 15) is 4.79 Å². The summed E-state index contributed by atoms with van der Waals surface area (Å²) in [4.78, 5) is 11.8. The van der Waals surface area contributed by atoms with Crippen molar-refractivity contribution < 1.29 is 14.3 Å². The van der Waals surface area contributed by atoms with E-state index in [0.29, 0.717) is 11.5 Å². The molecule has 2 aromatic carbocycles. The summed E-state index contributed by atoms with van der Waals surface area (Å²) in [5.74, 6) is 0.749. The molecule has 0 bridgehead atoms. The molecule has 20 heavy (non-hydrogen) atoms. The van der Waals surface area contributed by atoms with Crippen molar-refractivity contribution in [2.24, 2.45) is 0 Å². The van der Waals surface area contributed by atoms with E-state index in [1.807, 2.05) is 50.2 Å². The molecular weight excluding hydrogens is 320 g/mol. The maximum absolute atomic E-state index is 11.8. The Bertz CT molecular complexity index is 623. The average Bonchev–Trinajstić information content (AvgIpc) is 2.41. The zero-order valence-electron chi connectivity index (χ0n) is 11.4. The van der Waals surface area contributed by atoms with Crippen LogP contribution in [0.2, 0.25) is 0 Å². The van der Waals surface area contributed by atoms with Crippen molar-refractivity contribution in [3.05, 3.63) is 58.1 Å². The highest BCUT2D eigenvalue weighted by Gasteiger charge is 2.09. The lowest BCUT2D eigenvalue weighted by Crippen LogP contribution is -2.18. The zero-order chi connectivity index (χ0) is 14.5. The van der Waals surface area contributed by atoms with Crippen LogP contribution in [0.4, 0.5) is 0 Å². The van der Waals surface area contributed by atoms with Crippen molar-refractivity contribution >= 4 is 21.9 Å². The molecule has 104 valence electrons. The summed E-state index contributed by atoms with van der Waals surface area (Å²) >= 11 is 3.37. The molecule has 0 saturated carbocycles. The highest BCUT2D eigenvalue weighted by Crippen LogP contribution is 2.26. The maximum Gasteiger partial charge on any atom is 0.349 e. The first kappa shape index (κ1) is 14.6. The number of esters is 1. The van der Waals surface area contributed by atoms with Gasteiger partial charge in [0.25, 0.3) is 0 Å². The summed E-state index contributed by atoms with van der Waals surface area (Å²) in [6, 6.07) is 13.1. The molecular formula is C16H15BrO3. The van der Waals surface area contributed by atoms with Gasteiger partial charge in [-0.1, -0.05) is 24.3 Å². The fraction of sp³-hybridized carbons (Fsp3) is 0.188. The molecule has 0 aliphatic carbocycles. The predicted octanol–water partition coefficient (Wildman–Crippen LogP) is 4.05. The predicted molar refractivity (Wildman–Crippen MR) is 81.2 cm³/mol. The van der Waals surface area contributed by atoms with Gasteiger partial charge < -0.3 is 9.47 Å². The maximum atomic E-state index is 11.8. The monoisotopic (exact) mass is 334 g/mol. The average molecular weight is 335 g/mol. The second-order valence-electron chi connectivity index (χ2n) is 4.46. The van der Waals surface area contributed by atoms with Gasteiger partial charge in [0.05, 0.1) is 4.47 Å². The summed E-state index contributed by atoms with van der Waals surface area (Å²) in [6.45, 7) is 3.78. The smallest absolute Gasteiger partial charge is 0.349 e. The molecule has 0 aliphatic rings. The standard InChI is InChI=1S/C16H15BrO3/c1-11-7-8-15(13(17)9-11)20-16(18)10-19-14-6-4-3-5-12(14)2/h3-9H,10H2,1-2H3. The van der Waals surface area contributed by atoms with Crippen molar-refractivity contribution in [2.75, 3.05) is 6.61 Å². The normalized spacial score (nSPS) is 10.2. The summed E-state index contributed by atoms with van der Waals surface area (Å²) < 4.78 is 11.4. The number of halogens is 1. The molecule has 4 heteroatoms. The summed E-state index contributed by atoms with van der Waals surface area (Å²) in [7, 11) is 0. The molecule has 0 saturated heterocycles. The third-order valence-corrected chi connectivity index (χ3v) is 3.37. The van der Waals surface area contributed by atoms with E-state index >= 15 is 0 Å². The Labute approximate surface area is 126 Å². The van der Waals surface area contributed by atoms with Crippen molar-refractivity contribution in [1.82, 2.24) is 0 Å². The van der Waals surface area contributed by atoms with Crippen LogP contribution in [0.3, 0.4) is 0 Å². The van der Waals surface area contributed by atoms with Crippen molar-refractivity contribution in [3.8, 4) is 11.5 Å². The molecule has 0 radical (unpaired) electrons. The van der Waals surface area contributed by atoms with Gasteiger partial charge in [0, 0.05) is 0 Å². The minimum Gasteiger partial charge on any atom is -0.482 e. The molecule has 2 aromatic rings. The number of benzene rings is 2. The first-order valence-corrected chi connectivity index (χ1v) is 7.01. The molecule has 0 spiro atoms. The van der Waals surface area contributed by atoms with Crippen molar-refractivity contribution in [2.45, 2.75) is 13.8 Å². The Kier molecular flexibility index (Phi) is 4.79. The van der Waals surface area contributed by atoms with Crippen LogP contribution in [0.25, 0.3) is 0 Å². The van der Waals surface area contributed by atoms with Crippen LogP contribution in [0.1, 0.15) is 11.1 Å². The minimum atomic E-state index is -0.433. The first-order valence-electron chi connectivity index (χ1n) is 6.21. The summed E-state index contributed by atoms with van der Waals surface area (Å²) in [5, 5.41) is 0. The Hall–Kier alpha value is -1.81. The quantitative estimate of drug-likeness (QED) is 0.625. The molecule has 0 heterocycles. The van der Waals surface area contributed by atoms with E-state index in [-0.39, 0.29) is 6.61 Å². The number of aryl methyl sites for hydroxylation is 2. The highest BCUT2D eigenvalue weighted by atomic mass is 79.9. The molecule has 2 rings (SSSR count). The Morgan fingerprint density at radius 1 is 1.10 bits per heavy atom. The Balaban J connectivity index is 1.94. The molecule has 3 nitrogen and oxygen atoms in total. The van der Waals surface area contributed by atoms with E-state index in [1.54, 1.807) is 6.07 Å². The molecule has 0 amide bonds. The SMILES string of the molecule is Cc1ccc(OC(=O)COc2ccccc2C)c(Br)c1. The molecule has 0 unspecified atom stereocenters. The Morgan fingerprint density at radius 2 is 1.85 bits per heavy atom. The van der Waals surface area contributed by atoms with Gasteiger partial charge >= 0.3 is 5.97 Å². The molecule has 0 aliphatic heterocycles. The lowest BCUT2D eigenvalue weighted by Gasteiger charge is -2.09. The van der Waals surface area contributed by atoms with Gasteiger partial charge in [-0.05, 0) is 59.1 Å². The van der Waals surface area contributed by atoms with Gasteiger partial charge in [-0.15, -0.1) is 0 Å². The molecule has 0 aromatic heterocycles. The minimum absolute atomic E-state index is 0.120. The number of para-hydroxylation sites is 1. The molecule has 0 N–H and O–H groups in total. The van der Waals surface area contributed by atoms with Crippen LogP contribution < -0.4 is 9.47 Å². The van der Waals surface area contributed by atoms with Gasteiger partial charge in [-0.2, -0.15) is 0 Å². The number of rotatable bonds is 4. The highest BCUT2D eigenvalue weighted by molar-refractivity contribution is 9.10. The van der Waals surface area contributed by atoms with Crippen LogP contribution in [-0.2, 0) is 4.79 Å². The summed E-state index contributed by atoms with van der Waals surface area (Å²) in [6.07, 6.45) is 0. The fourth-order valence-electron chi connectivity index (χ4n) is 1.70. The van der Waals surface area contributed by atoms with Crippen LogP contribution >= 0.6 is 15.9 Å². The number of carbonyl (C=O) groups is 1. The van der Waals surface area contributed by atoms with Crippen molar-refractivity contribution in [1.29, 1.82) is 0 Å². The fourth-order valence-corrected chi connectivity index (χ4v) is 2.27. The topological polar surface area (TPSA) is 35.5 Å². The molecule has 0 atom stereocenters. The number of carbonyl (C=O) groups excluding carboxylic acids is 1.